The van der Waals surface area contributed by atoms with Crippen LogP contribution in [0.25, 0.3) is 0 Å². The highest BCUT2D eigenvalue weighted by molar-refractivity contribution is 5.90. The van der Waals surface area contributed by atoms with E-state index in [2.05, 4.69) is 0 Å². The third-order valence-electron chi connectivity index (χ3n) is 4.89. The maximum absolute atomic E-state index is 12.6. The topological polar surface area (TPSA) is 52.6 Å². The molecule has 0 spiro atoms. The highest BCUT2D eigenvalue weighted by Gasteiger charge is 2.49. The summed E-state index contributed by atoms with van der Waals surface area (Å²) in [5.41, 5.74) is -0.974. The quantitative estimate of drug-likeness (QED) is 0.654. The van der Waals surface area contributed by atoms with Gasteiger partial charge in [0, 0.05) is 0 Å². The van der Waals surface area contributed by atoms with Gasteiger partial charge in [0.2, 0.25) is 0 Å². The molecule has 138 valence electrons. The molecule has 0 saturated carbocycles. The van der Waals surface area contributed by atoms with E-state index in [0.29, 0.717) is 24.0 Å². The lowest BCUT2D eigenvalue weighted by Gasteiger charge is -2.44. The first kappa shape index (κ1) is 19.7. The number of hydrogen-bond donors (Lipinski definition) is 0. The van der Waals surface area contributed by atoms with E-state index in [0.717, 1.165) is 0 Å². The van der Waals surface area contributed by atoms with Crippen molar-refractivity contribution in [3.63, 3.8) is 0 Å². The van der Waals surface area contributed by atoms with Crippen molar-refractivity contribution in [1.82, 2.24) is 0 Å². The van der Waals surface area contributed by atoms with E-state index in [9.17, 15) is 9.59 Å². The Balaban J connectivity index is 2.25. The van der Waals surface area contributed by atoms with Crippen molar-refractivity contribution in [2.24, 2.45) is 0 Å². The smallest absolute Gasteiger partial charge is 0.338 e. The first-order valence-electron chi connectivity index (χ1n) is 8.92. The van der Waals surface area contributed by atoms with Gasteiger partial charge in [-0.2, -0.15) is 0 Å². The predicted molar refractivity (Wildman–Crippen MR) is 101 cm³/mol. The van der Waals surface area contributed by atoms with Crippen molar-refractivity contribution in [2.45, 2.75) is 51.7 Å². The number of carbonyl (C=O) groups excluding carboxylic acids is 2. The monoisotopic (exact) mass is 354 g/mol. The molecule has 0 N–H and O–H groups in total. The van der Waals surface area contributed by atoms with E-state index in [-0.39, 0.29) is 0 Å². The van der Waals surface area contributed by atoms with Crippen LogP contribution in [-0.4, -0.2) is 23.1 Å². The molecule has 0 aliphatic heterocycles. The molecule has 0 unspecified atom stereocenters. The lowest BCUT2D eigenvalue weighted by Crippen LogP contribution is -2.55. The molecule has 4 heteroatoms. The van der Waals surface area contributed by atoms with Gasteiger partial charge in [0.15, 0.2) is 5.60 Å². The molecule has 0 bridgehead atoms. The van der Waals surface area contributed by atoms with Gasteiger partial charge in [-0.15, -0.1) is 0 Å². The van der Waals surface area contributed by atoms with Crippen LogP contribution in [0.5, 0.6) is 0 Å². The van der Waals surface area contributed by atoms with E-state index >= 15 is 0 Å². The van der Waals surface area contributed by atoms with Crippen LogP contribution in [0.2, 0.25) is 0 Å². The Bertz CT molecular complexity index is 731. The lowest BCUT2D eigenvalue weighted by atomic mass is 9.80. The molecule has 26 heavy (non-hydrogen) atoms. The molecule has 0 saturated heterocycles. The average molecular weight is 354 g/mol. The predicted octanol–water partition coefficient (Wildman–Crippen LogP) is 5.04. The SMILES string of the molecule is CCC(CC)(OC(=O)c1ccccc1)C(C)(C)OC(=O)c1ccccc1. The zero-order chi connectivity index (χ0) is 19.2. The van der Waals surface area contributed by atoms with Crippen LogP contribution in [0.4, 0.5) is 0 Å². The van der Waals surface area contributed by atoms with Gasteiger partial charge >= 0.3 is 11.9 Å². The fraction of sp³-hybridized carbons (Fsp3) is 0.364. The van der Waals surface area contributed by atoms with Gasteiger partial charge in [-0.25, -0.2) is 9.59 Å². The summed E-state index contributed by atoms with van der Waals surface area (Å²) >= 11 is 0. The summed E-state index contributed by atoms with van der Waals surface area (Å²) in [7, 11) is 0. The van der Waals surface area contributed by atoms with Crippen LogP contribution in [0, 0.1) is 0 Å². The van der Waals surface area contributed by atoms with Crippen LogP contribution in [0.3, 0.4) is 0 Å². The molecule has 0 atom stereocenters. The molecule has 0 aromatic heterocycles. The number of rotatable bonds is 7. The molecule has 0 aliphatic carbocycles. The van der Waals surface area contributed by atoms with Crippen LogP contribution in [-0.2, 0) is 9.47 Å². The van der Waals surface area contributed by atoms with Crippen molar-refractivity contribution < 1.29 is 19.1 Å². The Morgan fingerprint density at radius 3 is 1.50 bits per heavy atom. The molecule has 0 aliphatic rings. The molecule has 0 heterocycles. The van der Waals surface area contributed by atoms with E-state index in [4.69, 9.17) is 9.47 Å². The first-order valence-corrected chi connectivity index (χ1v) is 8.92. The van der Waals surface area contributed by atoms with Crippen LogP contribution in [0.1, 0.15) is 61.3 Å². The molecule has 0 amide bonds. The molecule has 2 aromatic carbocycles. The second-order valence-corrected chi connectivity index (χ2v) is 6.72. The second kappa shape index (κ2) is 8.17. The normalized spacial score (nSPS) is 11.7. The molecule has 0 radical (unpaired) electrons. The Hall–Kier alpha value is -2.62. The number of esters is 2. The maximum Gasteiger partial charge on any atom is 0.338 e. The highest BCUT2D eigenvalue weighted by atomic mass is 16.6. The van der Waals surface area contributed by atoms with Gasteiger partial charge in [-0.3, -0.25) is 0 Å². The standard InChI is InChI=1S/C22H26O4/c1-5-22(6-2,26-20(24)18-15-11-8-12-16-18)21(3,4)25-19(23)17-13-9-7-10-14-17/h7-16H,5-6H2,1-4H3. The number of hydrogen-bond acceptors (Lipinski definition) is 4. The number of carbonyl (C=O) groups is 2. The van der Waals surface area contributed by atoms with E-state index < -0.39 is 23.1 Å². The average Bonchev–Trinajstić information content (AvgIpc) is 2.66. The van der Waals surface area contributed by atoms with Gasteiger partial charge in [-0.05, 0) is 51.0 Å². The molecule has 2 aromatic rings. The Morgan fingerprint density at radius 1 is 0.731 bits per heavy atom. The fourth-order valence-corrected chi connectivity index (χ4v) is 3.14. The summed E-state index contributed by atoms with van der Waals surface area (Å²) in [6.07, 6.45) is 1.05. The summed E-state index contributed by atoms with van der Waals surface area (Å²) in [4.78, 5) is 25.1. The van der Waals surface area contributed by atoms with Gasteiger partial charge < -0.3 is 9.47 Å². The molecular weight excluding hydrogens is 328 g/mol. The highest BCUT2D eigenvalue weighted by Crippen LogP contribution is 2.37. The largest absolute Gasteiger partial charge is 0.452 e. The summed E-state index contributed by atoms with van der Waals surface area (Å²) in [5.74, 6) is -0.851. The van der Waals surface area contributed by atoms with E-state index in [1.165, 1.54) is 0 Å². The molecular formula is C22H26O4. The van der Waals surface area contributed by atoms with Crippen LogP contribution >= 0.6 is 0 Å². The Morgan fingerprint density at radius 2 is 1.12 bits per heavy atom. The minimum Gasteiger partial charge on any atom is -0.452 e. The van der Waals surface area contributed by atoms with Crippen molar-refractivity contribution in [3.8, 4) is 0 Å². The Labute approximate surface area is 155 Å². The van der Waals surface area contributed by atoms with Gasteiger partial charge in [0.05, 0.1) is 11.1 Å². The van der Waals surface area contributed by atoms with Crippen LogP contribution in [0.15, 0.2) is 60.7 Å². The third-order valence-corrected chi connectivity index (χ3v) is 4.89. The van der Waals surface area contributed by atoms with Gasteiger partial charge in [-0.1, -0.05) is 50.2 Å². The minimum atomic E-state index is -0.992. The van der Waals surface area contributed by atoms with Crippen molar-refractivity contribution >= 4 is 11.9 Å². The summed E-state index contributed by atoms with van der Waals surface area (Å²) in [5, 5.41) is 0. The number of ether oxygens (including phenoxy) is 2. The maximum atomic E-state index is 12.6. The van der Waals surface area contributed by atoms with Crippen molar-refractivity contribution in [3.05, 3.63) is 71.8 Å². The molecule has 0 fully saturated rings. The molecule has 4 nitrogen and oxygen atoms in total. The first-order chi connectivity index (χ1) is 12.3. The van der Waals surface area contributed by atoms with Gasteiger partial charge in [0.25, 0.3) is 0 Å². The third kappa shape index (κ3) is 4.13. The van der Waals surface area contributed by atoms with Crippen LogP contribution < -0.4 is 0 Å². The zero-order valence-electron chi connectivity index (χ0n) is 15.8. The van der Waals surface area contributed by atoms with Gasteiger partial charge in [0.1, 0.15) is 5.60 Å². The summed E-state index contributed by atoms with van der Waals surface area (Å²) in [6, 6.07) is 17.7. The molecule has 2 rings (SSSR count). The van der Waals surface area contributed by atoms with Crippen molar-refractivity contribution in [2.75, 3.05) is 0 Å². The zero-order valence-corrected chi connectivity index (χ0v) is 15.8. The Kier molecular flexibility index (Phi) is 6.19. The lowest BCUT2D eigenvalue weighted by molar-refractivity contribution is -0.146. The van der Waals surface area contributed by atoms with E-state index in [1.807, 2.05) is 26.0 Å². The second-order valence-electron chi connectivity index (χ2n) is 6.72. The fourth-order valence-electron chi connectivity index (χ4n) is 3.14. The summed E-state index contributed by atoms with van der Waals surface area (Å²) in [6.45, 7) is 7.44. The summed E-state index contributed by atoms with van der Waals surface area (Å²) < 4.78 is 11.7. The van der Waals surface area contributed by atoms with Crippen molar-refractivity contribution in [1.29, 1.82) is 0 Å². The minimum absolute atomic E-state index is 0.418. The number of benzene rings is 2. The van der Waals surface area contributed by atoms with E-state index in [1.54, 1.807) is 62.4 Å².